The van der Waals surface area contributed by atoms with Crippen molar-refractivity contribution < 1.29 is 9.53 Å². The first kappa shape index (κ1) is 21.3. The van der Waals surface area contributed by atoms with Crippen molar-refractivity contribution in [3.63, 3.8) is 0 Å². The van der Waals surface area contributed by atoms with E-state index in [4.69, 9.17) is 21.3 Å². The van der Waals surface area contributed by atoms with Gasteiger partial charge in [0.05, 0.1) is 30.4 Å². The average molecular weight is 461 g/mol. The normalized spacial score (nSPS) is 13.1. The van der Waals surface area contributed by atoms with Gasteiger partial charge in [0.25, 0.3) is 0 Å². The number of halogens is 1. The Morgan fingerprint density at radius 2 is 1.94 bits per heavy atom. The Hall–Kier alpha value is -3.51. The van der Waals surface area contributed by atoms with Crippen LogP contribution in [0.5, 0.6) is 5.75 Å². The number of imidazole rings is 1. The van der Waals surface area contributed by atoms with Crippen molar-refractivity contribution in [3.8, 4) is 5.75 Å². The number of nitrogens with zero attached hydrogens (tertiary/aromatic N) is 3. The number of methoxy groups -OCH3 is 1. The molecule has 0 unspecified atom stereocenters. The lowest BCUT2D eigenvalue weighted by Gasteiger charge is -2.30. The predicted molar refractivity (Wildman–Crippen MR) is 132 cm³/mol. The minimum absolute atomic E-state index is 0.0322. The summed E-state index contributed by atoms with van der Waals surface area (Å²) in [5.41, 5.74) is 4.89. The van der Waals surface area contributed by atoms with E-state index in [2.05, 4.69) is 14.8 Å². The van der Waals surface area contributed by atoms with Crippen molar-refractivity contribution in [2.45, 2.75) is 25.9 Å². The summed E-state index contributed by atoms with van der Waals surface area (Å²) in [5.74, 6) is 1.62. The van der Waals surface area contributed by atoms with Crippen LogP contribution < -0.4 is 15.0 Å². The van der Waals surface area contributed by atoms with Gasteiger partial charge in [-0.2, -0.15) is 0 Å². The smallest absolute Gasteiger partial charge is 0.224 e. The number of hydrogen-bond acceptors (Lipinski definition) is 4. The summed E-state index contributed by atoms with van der Waals surface area (Å²) in [6.07, 6.45) is 1.12. The molecule has 33 heavy (non-hydrogen) atoms. The molecule has 0 radical (unpaired) electrons. The zero-order valence-corrected chi connectivity index (χ0v) is 19.2. The van der Waals surface area contributed by atoms with Crippen molar-refractivity contribution in [3.05, 3.63) is 83.1 Å². The molecule has 0 atom stereocenters. The third-order valence-corrected chi connectivity index (χ3v) is 6.26. The number of ether oxygens (including phenoxy) is 1. The standard InChI is InChI=1S/C26H25ClN4O2/c1-33-24-16-20(9-10-21(24)29-26(32)12-7-18-5-3-2-4-6-18)30-13-14-31-23-11-8-19(27)15-22(23)28-25(31)17-30/h2-6,8-11,15-16H,7,12-14,17H2,1H3,(H,29,32). The fourth-order valence-electron chi connectivity index (χ4n) is 4.31. The molecule has 6 nitrogen and oxygen atoms in total. The number of fused-ring (bicyclic) bond motifs is 3. The minimum Gasteiger partial charge on any atom is -0.494 e. The molecule has 4 aromatic rings. The lowest BCUT2D eigenvalue weighted by molar-refractivity contribution is -0.116. The van der Waals surface area contributed by atoms with Gasteiger partial charge in [-0.3, -0.25) is 4.79 Å². The van der Waals surface area contributed by atoms with Crippen molar-refractivity contribution in [1.82, 2.24) is 9.55 Å². The first-order valence-electron chi connectivity index (χ1n) is 11.0. The van der Waals surface area contributed by atoms with Gasteiger partial charge in [0.15, 0.2) is 0 Å². The highest BCUT2D eigenvalue weighted by Crippen LogP contribution is 2.32. The number of amides is 1. The Morgan fingerprint density at radius 1 is 1.09 bits per heavy atom. The van der Waals surface area contributed by atoms with Crippen molar-refractivity contribution in [2.24, 2.45) is 0 Å². The van der Waals surface area contributed by atoms with Gasteiger partial charge in [-0.25, -0.2) is 4.98 Å². The largest absolute Gasteiger partial charge is 0.494 e. The highest BCUT2D eigenvalue weighted by molar-refractivity contribution is 6.31. The maximum atomic E-state index is 12.5. The first-order valence-corrected chi connectivity index (χ1v) is 11.4. The number of nitrogens with one attached hydrogen (secondary N) is 1. The maximum Gasteiger partial charge on any atom is 0.224 e. The van der Waals surface area contributed by atoms with E-state index < -0.39 is 0 Å². The Balaban J connectivity index is 1.29. The summed E-state index contributed by atoms with van der Waals surface area (Å²) >= 11 is 6.14. The van der Waals surface area contributed by atoms with Crippen LogP contribution in [0, 0.1) is 0 Å². The number of benzene rings is 3. The fourth-order valence-corrected chi connectivity index (χ4v) is 4.48. The Morgan fingerprint density at radius 3 is 2.76 bits per heavy atom. The van der Waals surface area contributed by atoms with Gasteiger partial charge in [-0.1, -0.05) is 41.9 Å². The van der Waals surface area contributed by atoms with Gasteiger partial charge in [-0.05, 0) is 42.3 Å². The van der Waals surface area contributed by atoms with Crippen molar-refractivity contribution in [1.29, 1.82) is 0 Å². The molecule has 2 heterocycles. The summed E-state index contributed by atoms with van der Waals surface area (Å²) in [4.78, 5) is 19.5. The fraction of sp³-hybridized carbons (Fsp3) is 0.231. The van der Waals surface area contributed by atoms with Gasteiger partial charge < -0.3 is 19.5 Å². The number of carbonyl (C=O) groups is 1. The number of carbonyl (C=O) groups excluding carboxylic acids is 1. The van der Waals surface area contributed by atoms with Crippen LogP contribution in [0.1, 0.15) is 17.8 Å². The molecule has 168 valence electrons. The molecular formula is C26H25ClN4O2. The molecule has 5 rings (SSSR count). The SMILES string of the molecule is COc1cc(N2CCn3c(nc4cc(Cl)ccc43)C2)ccc1NC(=O)CCc1ccccc1. The van der Waals surface area contributed by atoms with E-state index >= 15 is 0 Å². The van der Waals surface area contributed by atoms with Gasteiger partial charge >= 0.3 is 0 Å². The molecular weight excluding hydrogens is 436 g/mol. The quantitative estimate of drug-likeness (QED) is 0.424. The van der Waals surface area contributed by atoms with Crippen LogP contribution in [0.2, 0.25) is 5.02 Å². The number of rotatable bonds is 6. The maximum absolute atomic E-state index is 12.5. The van der Waals surface area contributed by atoms with Crippen LogP contribution >= 0.6 is 11.6 Å². The number of anilines is 2. The molecule has 0 aliphatic carbocycles. The molecule has 3 aromatic carbocycles. The second kappa shape index (κ2) is 9.16. The number of aryl methyl sites for hydroxylation is 1. The van der Waals surface area contributed by atoms with Gasteiger partial charge in [0.1, 0.15) is 11.6 Å². The van der Waals surface area contributed by atoms with Crippen LogP contribution in [-0.2, 0) is 24.3 Å². The Bertz CT molecular complexity index is 1300. The zero-order chi connectivity index (χ0) is 22.8. The highest BCUT2D eigenvalue weighted by Gasteiger charge is 2.21. The van der Waals surface area contributed by atoms with Crippen LogP contribution in [-0.4, -0.2) is 29.1 Å². The second-order valence-electron chi connectivity index (χ2n) is 8.15. The molecule has 1 N–H and O–H groups in total. The van der Waals surface area contributed by atoms with Crippen LogP contribution in [0.15, 0.2) is 66.7 Å². The van der Waals surface area contributed by atoms with E-state index in [0.29, 0.717) is 35.8 Å². The molecule has 1 aliphatic rings. The summed E-state index contributed by atoms with van der Waals surface area (Å²) in [6, 6.07) is 21.8. The first-order chi connectivity index (χ1) is 16.1. The van der Waals surface area contributed by atoms with Crippen molar-refractivity contribution in [2.75, 3.05) is 23.9 Å². The Kier molecular flexibility index (Phi) is 5.92. The highest BCUT2D eigenvalue weighted by atomic mass is 35.5. The lowest BCUT2D eigenvalue weighted by atomic mass is 10.1. The van der Waals surface area contributed by atoms with E-state index in [9.17, 15) is 4.79 Å². The molecule has 0 saturated heterocycles. The van der Waals surface area contributed by atoms with E-state index in [1.165, 1.54) is 0 Å². The molecule has 0 bridgehead atoms. The molecule has 7 heteroatoms. The Labute approximate surface area is 197 Å². The van der Waals surface area contributed by atoms with Gasteiger partial charge in [0.2, 0.25) is 5.91 Å². The summed E-state index contributed by atoms with van der Waals surface area (Å²) < 4.78 is 7.84. The lowest BCUT2D eigenvalue weighted by Crippen LogP contribution is -2.33. The summed E-state index contributed by atoms with van der Waals surface area (Å²) in [6.45, 7) is 2.39. The third-order valence-electron chi connectivity index (χ3n) is 6.02. The molecule has 0 saturated carbocycles. The van der Waals surface area contributed by atoms with Crippen molar-refractivity contribution >= 4 is 39.9 Å². The van der Waals surface area contributed by atoms with E-state index in [-0.39, 0.29) is 5.91 Å². The van der Waals surface area contributed by atoms with E-state index in [1.807, 2.05) is 66.7 Å². The molecule has 0 fully saturated rings. The summed E-state index contributed by atoms with van der Waals surface area (Å²) in [7, 11) is 1.62. The van der Waals surface area contributed by atoms with Crippen LogP contribution in [0.4, 0.5) is 11.4 Å². The minimum atomic E-state index is -0.0322. The van der Waals surface area contributed by atoms with Crippen LogP contribution in [0.25, 0.3) is 11.0 Å². The number of hydrogen-bond donors (Lipinski definition) is 1. The molecule has 1 aromatic heterocycles. The van der Waals surface area contributed by atoms with Gasteiger partial charge in [-0.15, -0.1) is 0 Å². The number of aromatic nitrogens is 2. The molecule has 0 spiro atoms. The second-order valence-corrected chi connectivity index (χ2v) is 8.59. The monoisotopic (exact) mass is 460 g/mol. The molecule has 1 amide bonds. The predicted octanol–water partition coefficient (Wildman–Crippen LogP) is 5.29. The van der Waals surface area contributed by atoms with E-state index in [0.717, 1.165) is 41.2 Å². The van der Waals surface area contributed by atoms with E-state index in [1.54, 1.807) is 7.11 Å². The van der Waals surface area contributed by atoms with Gasteiger partial charge in [0, 0.05) is 36.3 Å². The topological polar surface area (TPSA) is 59.4 Å². The molecule has 1 aliphatic heterocycles. The summed E-state index contributed by atoms with van der Waals surface area (Å²) in [5, 5.41) is 3.68. The zero-order valence-electron chi connectivity index (χ0n) is 18.4. The third kappa shape index (κ3) is 4.52. The van der Waals surface area contributed by atoms with Crippen LogP contribution in [0.3, 0.4) is 0 Å². The average Bonchev–Trinajstić information content (AvgIpc) is 3.20.